The molecular weight excluding hydrogens is 336 g/mol. The second kappa shape index (κ2) is 6.34. The second-order valence-electron chi connectivity index (χ2n) is 5.33. The van der Waals surface area contributed by atoms with Crippen molar-refractivity contribution < 1.29 is 4.92 Å². The summed E-state index contributed by atoms with van der Waals surface area (Å²) in [4.78, 5) is 10.4. The van der Waals surface area contributed by atoms with E-state index in [2.05, 4.69) is 44.5 Å². The van der Waals surface area contributed by atoms with Crippen LogP contribution in [0.25, 0.3) is 11.4 Å². The molecule has 0 aliphatic rings. The Bertz CT molecular complexity index is 667. The topological polar surface area (TPSA) is 73.8 Å². The first-order valence-corrected chi connectivity index (χ1v) is 7.79. The van der Waals surface area contributed by atoms with E-state index < -0.39 is 0 Å². The van der Waals surface area contributed by atoms with Crippen molar-refractivity contribution in [1.82, 2.24) is 14.8 Å². The lowest BCUT2D eigenvalue weighted by molar-refractivity contribution is -0.384. The minimum absolute atomic E-state index is 0.0897. The first kappa shape index (κ1) is 15.6. The molecule has 0 unspecified atom stereocenters. The molecule has 0 atom stereocenters. The smallest absolute Gasteiger partial charge is 0.269 e. The van der Waals surface area contributed by atoms with Crippen LogP contribution in [0.3, 0.4) is 0 Å². The fourth-order valence-corrected chi connectivity index (χ4v) is 2.62. The van der Waals surface area contributed by atoms with E-state index in [1.807, 2.05) is 6.92 Å². The zero-order valence-corrected chi connectivity index (χ0v) is 13.8. The highest BCUT2D eigenvalue weighted by molar-refractivity contribution is 9.08. The van der Waals surface area contributed by atoms with Crippen molar-refractivity contribution in [2.75, 3.05) is 0 Å². The third kappa shape index (κ3) is 3.29. The summed E-state index contributed by atoms with van der Waals surface area (Å²) in [5.74, 6) is 2.07. The van der Waals surface area contributed by atoms with Gasteiger partial charge in [0.25, 0.3) is 5.69 Å². The highest BCUT2D eigenvalue weighted by atomic mass is 79.9. The molecule has 21 heavy (non-hydrogen) atoms. The molecule has 0 aliphatic heterocycles. The SMILES string of the molecule is Cc1cc([N+](=O)[O-])ccc1-c1nnc(CBr)n1CC(C)C. The lowest BCUT2D eigenvalue weighted by atomic mass is 10.1. The number of aryl methyl sites for hydroxylation is 1. The highest BCUT2D eigenvalue weighted by Gasteiger charge is 2.17. The van der Waals surface area contributed by atoms with E-state index in [1.54, 1.807) is 12.1 Å². The van der Waals surface area contributed by atoms with Crippen LogP contribution in [0, 0.1) is 23.0 Å². The molecule has 6 nitrogen and oxygen atoms in total. The van der Waals surface area contributed by atoms with Gasteiger partial charge in [0.15, 0.2) is 5.82 Å². The number of nitrogens with zero attached hydrogens (tertiary/aromatic N) is 4. The van der Waals surface area contributed by atoms with Gasteiger partial charge in [0.1, 0.15) is 5.82 Å². The van der Waals surface area contributed by atoms with Gasteiger partial charge in [0, 0.05) is 24.2 Å². The summed E-state index contributed by atoms with van der Waals surface area (Å²) in [6.07, 6.45) is 0. The Morgan fingerprint density at radius 2 is 2.10 bits per heavy atom. The maximum Gasteiger partial charge on any atom is 0.269 e. The lowest BCUT2D eigenvalue weighted by Gasteiger charge is -2.13. The molecule has 112 valence electrons. The summed E-state index contributed by atoms with van der Waals surface area (Å²) in [5, 5.41) is 19.9. The van der Waals surface area contributed by atoms with Crippen LogP contribution in [0.5, 0.6) is 0 Å². The van der Waals surface area contributed by atoms with Crippen LogP contribution in [0.15, 0.2) is 18.2 Å². The van der Waals surface area contributed by atoms with Crippen molar-refractivity contribution in [3.05, 3.63) is 39.7 Å². The molecule has 2 aromatic rings. The van der Waals surface area contributed by atoms with Crippen LogP contribution < -0.4 is 0 Å². The van der Waals surface area contributed by atoms with E-state index >= 15 is 0 Å². The van der Waals surface area contributed by atoms with E-state index in [0.29, 0.717) is 11.2 Å². The average molecular weight is 353 g/mol. The Kier molecular flexibility index (Phi) is 4.72. The molecule has 0 amide bonds. The van der Waals surface area contributed by atoms with E-state index in [-0.39, 0.29) is 10.6 Å². The monoisotopic (exact) mass is 352 g/mol. The van der Waals surface area contributed by atoms with Gasteiger partial charge in [0.2, 0.25) is 0 Å². The van der Waals surface area contributed by atoms with Gasteiger partial charge in [-0.1, -0.05) is 29.8 Å². The predicted molar refractivity (Wildman–Crippen MR) is 84.3 cm³/mol. The molecule has 7 heteroatoms. The minimum atomic E-state index is -0.389. The van der Waals surface area contributed by atoms with Crippen molar-refractivity contribution in [1.29, 1.82) is 0 Å². The Balaban J connectivity index is 2.51. The molecule has 2 rings (SSSR count). The highest BCUT2D eigenvalue weighted by Crippen LogP contribution is 2.27. The molecule has 0 N–H and O–H groups in total. The molecule has 0 saturated heterocycles. The Labute approximate surface area is 131 Å². The largest absolute Gasteiger partial charge is 0.310 e. The molecule has 0 fully saturated rings. The van der Waals surface area contributed by atoms with Crippen molar-refractivity contribution >= 4 is 21.6 Å². The number of nitro groups is 1. The van der Waals surface area contributed by atoms with Crippen molar-refractivity contribution in [3.63, 3.8) is 0 Å². The van der Waals surface area contributed by atoms with Crippen LogP contribution >= 0.6 is 15.9 Å². The van der Waals surface area contributed by atoms with Crippen LogP contribution in [0.4, 0.5) is 5.69 Å². The van der Waals surface area contributed by atoms with Gasteiger partial charge in [-0.3, -0.25) is 10.1 Å². The Morgan fingerprint density at radius 1 is 1.38 bits per heavy atom. The number of nitro benzene ring substituents is 1. The zero-order valence-electron chi connectivity index (χ0n) is 12.2. The first-order chi connectivity index (χ1) is 9.93. The molecule has 1 aromatic heterocycles. The van der Waals surface area contributed by atoms with E-state index in [1.165, 1.54) is 6.07 Å². The molecule has 0 spiro atoms. The Hall–Kier alpha value is -1.76. The number of hydrogen-bond donors (Lipinski definition) is 0. The van der Waals surface area contributed by atoms with E-state index in [9.17, 15) is 10.1 Å². The number of rotatable bonds is 5. The summed E-state index contributed by atoms with van der Waals surface area (Å²) >= 11 is 3.42. The van der Waals surface area contributed by atoms with Gasteiger partial charge >= 0.3 is 0 Å². The van der Waals surface area contributed by atoms with Crippen LogP contribution in [0.2, 0.25) is 0 Å². The lowest BCUT2D eigenvalue weighted by Crippen LogP contribution is -2.09. The molecule has 1 heterocycles. The minimum Gasteiger partial charge on any atom is -0.310 e. The summed E-state index contributed by atoms with van der Waals surface area (Å²) in [6.45, 7) is 6.92. The van der Waals surface area contributed by atoms with Gasteiger partial charge in [-0.05, 0) is 24.5 Å². The number of benzene rings is 1. The zero-order chi connectivity index (χ0) is 15.6. The Morgan fingerprint density at radius 3 is 2.62 bits per heavy atom. The summed E-state index contributed by atoms with van der Waals surface area (Å²) < 4.78 is 2.06. The number of halogens is 1. The maximum atomic E-state index is 10.8. The number of aromatic nitrogens is 3. The second-order valence-corrected chi connectivity index (χ2v) is 5.89. The summed E-state index contributed by atoms with van der Waals surface area (Å²) in [5.41, 5.74) is 1.79. The fourth-order valence-electron chi connectivity index (χ4n) is 2.20. The van der Waals surface area contributed by atoms with Gasteiger partial charge in [0.05, 0.1) is 10.3 Å². The number of non-ortho nitro benzene ring substituents is 1. The third-order valence-electron chi connectivity index (χ3n) is 3.16. The molecular formula is C14H17BrN4O2. The first-order valence-electron chi connectivity index (χ1n) is 6.67. The molecule has 0 radical (unpaired) electrons. The third-order valence-corrected chi connectivity index (χ3v) is 3.66. The van der Waals surface area contributed by atoms with Crippen molar-refractivity contribution in [3.8, 4) is 11.4 Å². The quantitative estimate of drug-likeness (QED) is 0.467. The summed E-state index contributed by atoms with van der Waals surface area (Å²) in [7, 11) is 0. The van der Waals surface area contributed by atoms with Gasteiger partial charge in [-0.15, -0.1) is 10.2 Å². The van der Waals surface area contributed by atoms with Crippen LogP contribution in [-0.4, -0.2) is 19.7 Å². The fraction of sp³-hybridized carbons (Fsp3) is 0.429. The number of alkyl halides is 1. The summed E-state index contributed by atoms with van der Waals surface area (Å²) in [6, 6.07) is 4.81. The maximum absolute atomic E-state index is 10.8. The van der Waals surface area contributed by atoms with E-state index in [0.717, 1.165) is 29.3 Å². The van der Waals surface area contributed by atoms with Crippen molar-refractivity contribution in [2.24, 2.45) is 5.92 Å². The molecule has 0 aliphatic carbocycles. The normalized spacial score (nSPS) is 11.1. The predicted octanol–water partition coefficient (Wildman–Crippen LogP) is 3.71. The van der Waals surface area contributed by atoms with Gasteiger partial charge in [-0.25, -0.2) is 0 Å². The van der Waals surface area contributed by atoms with Crippen LogP contribution in [0.1, 0.15) is 25.2 Å². The van der Waals surface area contributed by atoms with E-state index in [4.69, 9.17) is 0 Å². The van der Waals surface area contributed by atoms with Gasteiger partial charge in [-0.2, -0.15) is 0 Å². The van der Waals surface area contributed by atoms with Crippen molar-refractivity contribution in [2.45, 2.75) is 32.6 Å². The standard InChI is InChI=1S/C14H17BrN4O2/c1-9(2)8-18-13(7-15)16-17-14(18)12-5-4-11(19(20)21)6-10(12)3/h4-6,9H,7-8H2,1-3H3. The average Bonchev–Trinajstić information content (AvgIpc) is 2.80. The molecule has 0 saturated carbocycles. The molecule has 0 bridgehead atoms. The number of hydrogen-bond acceptors (Lipinski definition) is 4. The molecule has 1 aromatic carbocycles. The van der Waals surface area contributed by atoms with Gasteiger partial charge < -0.3 is 4.57 Å². The van der Waals surface area contributed by atoms with Crippen LogP contribution in [-0.2, 0) is 11.9 Å².